The van der Waals surface area contributed by atoms with E-state index in [1.165, 1.54) is 0 Å². The number of aliphatic hydroxyl groups is 3. The van der Waals surface area contributed by atoms with Crippen LogP contribution in [0.15, 0.2) is 12.1 Å². The highest BCUT2D eigenvalue weighted by Gasteiger charge is 2.80. The lowest BCUT2D eigenvalue weighted by molar-refractivity contribution is -0.292. The minimum absolute atomic E-state index is 0.0397. The van der Waals surface area contributed by atoms with Crippen molar-refractivity contribution < 1.29 is 39.6 Å². The molecule has 4 aliphatic rings. The normalized spacial score (nSPS) is 40.6. The number of ketones is 3. The number of carbonyl (C=O) groups excluding carboxylic acids is 4. The second-order valence-electron chi connectivity index (χ2n) is 16.0. The highest BCUT2D eigenvalue weighted by Crippen LogP contribution is 2.72. The monoisotopic (exact) mass is 611 g/mol. The summed E-state index contributed by atoms with van der Waals surface area (Å²) in [5.74, 6) is -9.25. The molecule has 0 saturated heterocycles. The number of benzene rings is 1. The second-order valence-corrected chi connectivity index (χ2v) is 16.0. The number of phenols is 1. The first-order chi connectivity index (χ1) is 20.2. The first-order valence-corrected chi connectivity index (χ1v) is 16.0. The van der Waals surface area contributed by atoms with Crippen LogP contribution in [-0.4, -0.2) is 61.5 Å². The molecular formula is C35H49NO8. The van der Waals surface area contributed by atoms with Crippen molar-refractivity contribution in [1.29, 1.82) is 0 Å². The zero-order chi connectivity index (χ0) is 33.1. The van der Waals surface area contributed by atoms with Gasteiger partial charge < -0.3 is 26.2 Å². The third-order valence-electron chi connectivity index (χ3n) is 12.7. The number of phenolic OH excluding ortho intramolecular Hbond substituents is 1. The molecule has 1 amide bonds. The van der Waals surface area contributed by atoms with Crippen molar-refractivity contribution in [3.8, 4) is 5.75 Å². The number of aliphatic hydroxyl groups excluding tert-OH is 2. The van der Waals surface area contributed by atoms with Crippen molar-refractivity contribution in [2.24, 2.45) is 52.1 Å². The fourth-order valence-corrected chi connectivity index (χ4v) is 10.1. The van der Waals surface area contributed by atoms with Gasteiger partial charge in [-0.05, 0) is 58.5 Å². The van der Waals surface area contributed by atoms with Gasteiger partial charge in [0.25, 0.3) is 0 Å². The number of aromatic hydroxyl groups is 1. The summed E-state index contributed by atoms with van der Waals surface area (Å²) in [6.45, 7) is 14.7. The summed E-state index contributed by atoms with van der Waals surface area (Å²) in [5, 5.41) is 48.2. The highest BCUT2D eigenvalue weighted by molar-refractivity contribution is 6.09. The molecule has 6 N–H and O–H groups in total. The molecule has 9 nitrogen and oxygen atoms in total. The number of nitrogens with two attached hydrogens (primary N) is 1. The van der Waals surface area contributed by atoms with Crippen molar-refractivity contribution in [3.05, 3.63) is 28.8 Å². The molecular weight excluding hydrogens is 562 g/mol. The molecule has 1 aromatic carbocycles. The maximum atomic E-state index is 14.7. The Morgan fingerprint density at radius 1 is 1.09 bits per heavy atom. The molecule has 4 aliphatic carbocycles. The molecule has 0 heterocycles. The van der Waals surface area contributed by atoms with E-state index >= 15 is 0 Å². The summed E-state index contributed by atoms with van der Waals surface area (Å²) in [6.07, 6.45) is -1.27. The molecule has 5 rings (SSSR count). The molecule has 10 atom stereocenters. The molecule has 0 aliphatic heterocycles. The molecule has 1 aromatic rings. The number of primary amides is 1. The number of hydrogen-bond acceptors (Lipinski definition) is 8. The number of amides is 1. The van der Waals surface area contributed by atoms with Crippen LogP contribution in [0.3, 0.4) is 0 Å². The number of rotatable bonds is 5. The van der Waals surface area contributed by atoms with E-state index in [9.17, 15) is 39.6 Å². The first-order valence-electron chi connectivity index (χ1n) is 16.0. The van der Waals surface area contributed by atoms with Crippen LogP contribution in [-0.2, 0) is 19.8 Å². The van der Waals surface area contributed by atoms with Crippen LogP contribution >= 0.6 is 0 Å². The number of fused-ring (bicyclic) bond motifs is 3. The Hall–Kier alpha value is -2.62. The van der Waals surface area contributed by atoms with Gasteiger partial charge in [-0.15, -0.1) is 0 Å². The van der Waals surface area contributed by atoms with E-state index < -0.39 is 87.0 Å². The SMILES string of the molecule is CC(C)[C@H]1C(O)[C@@H](C(N)=O)C(=O)[C@]2(O)C(O)[C@H]3C(=O)c4c(ccc(C(C)(C)C)c4O)[C@@H](C)[C@]3(C)[C@@H](CC(=O)C3CCC3)[C@]12C. The van der Waals surface area contributed by atoms with Gasteiger partial charge in [-0.2, -0.15) is 0 Å². The predicted molar refractivity (Wildman–Crippen MR) is 163 cm³/mol. The quantitative estimate of drug-likeness (QED) is 0.315. The largest absolute Gasteiger partial charge is 0.507 e. The molecule has 44 heavy (non-hydrogen) atoms. The lowest BCUT2D eigenvalue weighted by Crippen LogP contribution is -2.82. The zero-order valence-corrected chi connectivity index (χ0v) is 27.2. The van der Waals surface area contributed by atoms with E-state index in [4.69, 9.17) is 5.73 Å². The Kier molecular flexibility index (Phi) is 7.59. The fourth-order valence-electron chi connectivity index (χ4n) is 10.1. The molecule has 2 unspecified atom stereocenters. The van der Waals surface area contributed by atoms with Gasteiger partial charge in [0.2, 0.25) is 5.91 Å². The molecule has 0 bridgehead atoms. The van der Waals surface area contributed by atoms with Gasteiger partial charge in [-0.3, -0.25) is 19.2 Å². The van der Waals surface area contributed by atoms with E-state index in [-0.39, 0.29) is 29.4 Å². The maximum absolute atomic E-state index is 14.7. The van der Waals surface area contributed by atoms with Gasteiger partial charge in [-0.25, -0.2) is 0 Å². The Bertz CT molecular complexity index is 1420. The number of Topliss-reactive ketones (excluding diaryl/α,β-unsaturated/α-hetero) is 3. The molecule has 3 saturated carbocycles. The zero-order valence-electron chi connectivity index (χ0n) is 27.2. The van der Waals surface area contributed by atoms with Crippen molar-refractivity contribution in [2.75, 3.05) is 0 Å². The van der Waals surface area contributed by atoms with E-state index in [2.05, 4.69) is 0 Å². The topological polar surface area (TPSA) is 175 Å². The standard InChI is InChI=1S/C35H49NO8/c1-15(2)24-28(40)23(31(36)43)29(41)35(44)30(42)25-27(39)22-18(12-13-19(26(22)38)32(4,5)6)16(3)33(25,7)21(34(24,35)8)14-20(37)17-10-9-11-17/h12-13,15-17,21,23-25,28,30,38,40,42,44H,9-11,14H2,1-8H3,(H2,36,43)/t16-,21-,23-,24+,25-,28?,30?,33-,34-,35+/m1/s1. The minimum Gasteiger partial charge on any atom is -0.507 e. The van der Waals surface area contributed by atoms with Crippen molar-refractivity contribution in [1.82, 2.24) is 0 Å². The van der Waals surface area contributed by atoms with Gasteiger partial charge in [-0.1, -0.05) is 73.9 Å². The molecule has 242 valence electrons. The number of carbonyl (C=O) groups is 4. The van der Waals surface area contributed by atoms with Crippen LogP contribution in [0.5, 0.6) is 5.75 Å². The predicted octanol–water partition coefficient (Wildman–Crippen LogP) is 3.42. The highest BCUT2D eigenvalue weighted by atomic mass is 16.4. The lowest BCUT2D eigenvalue weighted by Gasteiger charge is -2.71. The van der Waals surface area contributed by atoms with Crippen LogP contribution < -0.4 is 5.73 Å². The molecule has 9 heteroatoms. The second kappa shape index (κ2) is 10.2. The smallest absolute Gasteiger partial charge is 0.230 e. The Balaban J connectivity index is 1.84. The minimum atomic E-state index is -2.69. The van der Waals surface area contributed by atoms with E-state index in [0.29, 0.717) is 11.1 Å². The van der Waals surface area contributed by atoms with E-state index in [1.54, 1.807) is 26.8 Å². The van der Waals surface area contributed by atoms with Crippen LogP contribution in [0.4, 0.5) is 0 Å². The van der Waals surface area contributed by atoms with Crippen LogP contribution in [0.25, 0.3) is 0 Å². The summed E-state index contributed by atoms with van der Waals surface area (Å²) in [6, 6.07) is 3.62. The van der Waals surface area contributed by atoms with Gasteiger partial charge >= 0.3 is 0 Å². The number of hydrogen-bond donors (Lipinski definition) is 5. The Morgan fingerprint density at radius 2 is 1.68 bits per heavy atom. The third kappa shape index (κ3) is 3.94. The molecule has 0 aromatic heterocycles. The summed E-state index contributed by atoms with van der Waals surface area (Å²) in [7, 11) is 0. The van der Waals surface area contributed by atoms with Crippen molar-refractivity contribution in [2.45, 2.75) is 110 Å². The van der Waals surface area contributed by atoms with Gasteiger partial charge in [0.1, 0.15) is 23.6 Å². The maximum Gasteiger partial charge on any atom is 0.230 e. The van der Waals surface area contributed by atoms with Crippen molar-refractivity contribution in [3.63, 3.8) is 0 Å². The van der Waals surface area contributed by atoms with Crippen LogP contribution in [0.1, 0.15) is 108 Å². The fraction of sp³-hybridized carbons (Fsp3) is 0.714. The Labute approximate surface area is 259 Å². The summed E-state index contributed by atoms with van der Waals surface area (Å²) in [4.78, 5) is 55.5. The van der Waals surface area contributed by atoms with Gasteiger partial charge in [0, 0.05) is 17.8 Å². The first kappa shape index (κ1) is 32.8. The lowest BCUT2D eigenvalue weighted by atomic mass is 9.33. The van der Waals surface area contributed by atoms with Gasteiger partial charge in [0.05, 0.1) is 17.6 Å². The average molecular weight is 612 g/mol. The van der Waals surface area contributed by atoms with Gasteiger partial charge in [0.15, 0.2) is 17.2 Å². The summed E-state index contributed by atoms with van der Waals surface area (Å²) >= 11 is 0. The third-order valence-corrected chi connectivity index (χ3v) is 12.7. The van der Waals surface area contributed by atoms with Crippen LogP contribution in [0, 0.1) is 46.3 Å². The molecule has 0 radical (unpaired) electrons. The average Bonchev–Trinajstić information content (AvgIpc) is 2.86. The summed E-state index contributed by atoms with van der Waals surface area (Å²) in [5.41, 5.74) is 0.758. The summed E-state index contributed by atoms with van der Waals surface area (Å²) < 4.78 is 0. The molecule has 3 fully saturated rings. The Morgan fingerprint density at radius 3 is 2.16 bits per heavy atom. The van der Waals surface area contributed by atoms with Crippen LogP contribution in [0.2, 0.25) is 0 Å². The van der Waals surface area contributed by atoms with E-state index in [0.717, 1.165) is 19.3 Å². The van der Waals surface area contributed by atoms with E-state index in [1.807, 2.05) is 40.7 Å². The van der Waals surface area contributed by atoms with Crippen molar-refractivity contribution >= 4 is 23.3 Å². The molecule has 0 spiro atoms.